The smallest absolute Gasteiger partial charge is 0.220 e. The first kappa shape index (κ1) is 15.4. The number of nitrogens with two attached hydrogens (primary N) is 1. The van der Waals surface area contributed by atoms with Gasteiger partial charge in [-0.3, -0.25) is 14.4 Å². The Labute approximate surface area is 142 Å². The number of primary amides is 1. The van der Waals surface area contributed by atoms with Crippen LogP contribution in [0.5, 0.6) is 11.5 Å². The molecule has 0 spiro atoms. The van der Waals surface area contributed by atoms with E-state index >= 15 is 0 Å². The zero-order valence-corrected chi connectivity index (χ0v) is 13.2. The molecule has 0 aromatic heterocycles. The lowest BCUT2D eigenvalue weighted by Crippen LogP contribution is -2.30. The van der Waals surface area contributed by atoms with Gasteiger partial charge in [0.05, 0.1) is 11.1 Å². The molecular formula is C19H15NO5. The van der Waals surface area contributed by atoms with Crippen molar-refractivity contribution in [1.82, 2.24) is 0 Å². The minimum atomic E-state index is -0.512. The second kappa shape index (κ2) is 5.17. The summed E-state index contributed by atoms with van der Waals surface area (Å²) in [6, 6.07) is 6.31. The van der Waals surface area contributed by atoms with E-state index in [4.69, 9.17) is 5.73 Å². The number of hydrogen-bond acceptors (Lipinski definition) is 5. The van der Waals surface area contributed by atoms with Crippen molar-refractivity contribution in [1.29, 1.82) is 0 Å². The second-order valence-corrected chi connectivity index (χ2v) is 6.45. The molecule has 2 aromatic carbocycles. The molecule has 0 saturated heterocycles. The lowest BCUT2D eigenvalue weighted by molar-refractivity contribution is -0.122. The molecule has 4 rings (SSSR count). The number of hydrogen-bond donors (Lipinski definition) is 3. The maximum absolute atomic E-state index is 12.8. The SMILES string of the molecule is NC(=O)C1CCc2c(O)c3c(c(O)c2C1)C(=O)c1ccccc1C3=O. The molecule has 6 heteroatoms. The van der Waals surface area contributed by atoms with Crippen LogP contribution in [0.4, 0.5) is 0 Å². The molecule has 0 fully saturated rings. The Morgan fingerprint density at radius 3 is 2.00 bits per heavy atom. The molecule has 25 heavy (non-hydrogen) atoms. The molecule has 1 amide bonds. The summed E-state index contributed by atoms with van der Waals surface area (Å²) < 4.78 is 0. The average Bonchev–Trinajstić information content (AvgIpc) is 2.62. The molecule has 2 aliphatic carbocycles. The van der Waals surface area contributed by atoms with Crippen molar-refractivity contribution in [2.24, 2.45) is 11.7 Å². The highest BCUT2D eigenvalue weighted by molar-refractivity contribution is 6.30. The number of rotatable bonds is 1. The Morgan fingerprint density at radius 2 is 1.48 bits per heavy atom. The van der Waals surface area contributed by atoms with Crippen molar-refractivity contribution >= 4 is 17.5 Å². The van der Waals surface area contributed by atoms with Crippen LogP contribution in [0, 0.1) is 5.92 Å². The first-order valence-electron chi connectivity index (χ1n) is 7.99. The number of phenolic OH excluding ortho intramolecular Hbond substituents is 2. The fourth-order valence-electron chi connectivity index (χ4n) is 3.81. The van der Waals surface area contributed by atoms with Crippen LogP contribution >= 0.6 is 0 Å². The summed E-state index contributed by atoms with van der Waals surface area (Å²) in [5.74, 6) is -2.58. The number of phenols is 2. The van der Waals surface area contributed by atoms with Gasteiger partial charge in [0.2, 0.25) is 5.91 Å². The zero-order valence-electron chi connectivity index (χ0n) is 13.2. The van der Waals surface area contributed by atoms with Gasteiger partial charge in [-0.15, -0.1) is 0 Å². The van der Waals surface area contributed by atoms with E-state index in [1.807, 2.05) is 0 Å². The molecule has 0 saturated carbocycles. The standard InChI is InChI=1S/C19H15NO5/c20-19(25)8-5-6-11-12(7-8)18(24)14-13(17(11)23)15(21)9-3-1-2-4-10(9)16(14)22/h1-4,8,23-24H,5-7H2,(H2,20,25). The second-order valence-electron chi connectivity index (χ2n) is 6.45. The fraction of sp³-hybridized carbons (Fsp3) is 0.211. The van der Waals surface area contributed by atoms with Crippen molar-refractivity contribution in [3.8, 4) is 11.5 Å². The largest absolute Gasteiger partial charge is 0.507 e. The van der Waals surface area contributed by atoms with Crippen LogP contribution in [0.15, 0.2) is 24.3 Å². The number of benzene rings is 2. The van der Waals surface area contributed by atoms with Gasteiger partial charge in [-0.1, -0.05) is 24.3 Å². The van der Waals surface area contributed by atoms with E-state index in [-0.39, 0.29) is 40.2 Å². The lowest BCUT2D eigenvalue weighted by Gasteiger charge is -2.28. The maximum atomic E-state index is 12.8. The Morgan fingerprint density at radius 1 is 0.960 bits per heavy atom. The number of carbonyl (C=O) groups excluding carboxylic acids is 3. The van der Waals surface area contributed by atoms with Crippen LogP contribution in [-0.2, 0) is 17.6 Å². The quantitative estimate of drug-likeness (QED) is 0.581. The average molecular weight is 337 g/mol. The normalized spacial score (nSPS) is 18.3. The highest BCUT2D eigenvalue weighted by atomic mass is 16.3. The lowest BCUT2D eigenvalue weighted by atomic mass is 9.75. The molecule has 6 nitrogen and oxygen atoms in total. The van der Waals surface area contributed by atoms with Gasteiger partial charge in [-0.25, -0.2) is 0 Å². The maximum Gasteiger partial charge on any atom is 0.220 e. The van der Waals surface area contributed by atoms with Crippen molar-refractivity contribution in [2.75, 3.05) is 0 Å². The Kier molecular flexibility index (Phi) is 3.18. The van der Waals surface area contributed by atoms with Gasteiger partial charge >= 0.3 is 0 Å². The van der Waals surface area contributed by atoms with E-state index in [0.717, 1.165) is 0 Å². The van der Waals surface area contributed by atoms with Crippen LogP contribution in [-0.4, -0.2) is 27.7 Å². The van der Waals surface area contributed by atoms with Crippen LogP contribution < -0.4 is 5.73 Å². The molecule has 0 bridgehead atoms. The highest BCUT2D eigenvalue weighted by Crippen LogP contribution is 2.46. The molecule has 126 valence electrons. The molecule has 0 radical (unpaired) electrons. The van der Waals surface area contributed by atoms with Crippen molar-refractivity contribution in [3.63, 3.8) is 0 Å². The van der Waals surface area contributed by atoms with Crippen LogP contribution in [0.25, 0.3) is 0 Å². The number of ketones is 2. The summed E-state index contributed by atoms with van der Waals surface area (Å²) in [5.41, 5.74) is 6.15. The van der Waals surface area contributed by atoms with Crippen LogP contribution in [0.2, 0.25) is 0 Å². The Bertz CT molecular complexity index is 976. The molecule has 0 heterocycles. The molecular weight excluding hydrogens is 322 g/mol. The van der Waals surface area contributed by atoms with E-state index < -0.39 is 23.4 Å². The third-order valence-electron chi connectivity index (χ3n) is 5.13. The summed E-state index contributed by atoms with van der Waals surface area (Å²) >= 11 is 0. The number of amides is 1. The van der Waals surface area contributed by atoms with Gasteiger partial charge in [0.1, 0.15) is 11.5 Å². The summed E-state index contributed by atoms with van der Waals surface area (Å²) in [6.45, 7) is 0. The molecule has 0 aliphatic heterocycles. The summed E-state index contributed by atoms with van der Waals surface area (Å²) in [7, 11) is 0. The topological polar surface area (TPSA) is 118 Å². The molecule has 1 unspecified atom stereocenters. The van der Waals surface area contributed by atoms with E-state index in [9.17, 15) is 24.6 Å². The number of aromatic hydroxyl groups is 2. The van der Waals surface area contributed by atoms with Gasteiger partial charge in [-0.05, 0) is 19.3 Å². The van der Waals surface area contributed by atoms with E-state index in [0.29, 0.717) is 24.0 Å². The van der Waals surface area contributed by atoms with Crippen molar-refractivity contribution in [3.05, 3.63) is 57.6 Å². The van der Waals surface area contributed by atoms with Gasteiger partial charge in [0.15, 0.2) is 11.6 Å². The number of fused-ring (bicyclic) bond motifs is 3. The summed E-state index contributed by atoms with van der Waals surface area (Å²) in [6.07, 6.45) is 0.867. The van der Waals surface area contributed by atoms with Crippen LogP contribution in [0.3, 0.4) is 0 Å². The van der Waals surface area contributed by atoms with Gasteiger partial charge in [0, 0.05) is 28.2 Å². The van der Waals surface area contributed by atoms with Gasteiger partial charge < -0.3 is 15.9 Å². The summed E-state index contributed by atoms with van der Waals surface area (Å²) in [5, 5.41) is 21.3. The minimum Gasteiger partial charge on any atom is -0.507 e. The first-order chi connectivity index (χ1) is 11.9. The Balaban J connectivity index is 1.99. The molecule has 2 aromatic rings. The highest BCUT2D eigenvalue weighted by Gasteiger charge is 2.39. The molecule has 2 aliphatic rings. The third-order valence-corrected chi connectivity index (χ3v) is 5.13. The monoisotopic (exact) mass is 337 g/mol. The van der Waals surface area contributed by atoms with Gasteiger partial charge in [0.25, 0.3) is 0 Å². The molecule has 4 N–H and O–H groups in total. The first-order valence-corrected chi connectivity index (χ1v) is 7.99. The van der Waals surface area contributed by atoms with E-state index in [2.05, 4.69) is 0 Å². The third kappa shape index (κ3) is 2.00. The van der Waals surface area contributed by atoms with E-state index in [1.54, 1.807) is 12.1 Å². The molecule has 1 atom stereocenters. The predicted octanol–water partition coefficient (Wildman–Crippen LogP) is 1.46. The number of carbonyl (C=O) groups is 3. The zero-order chi connectivity index (χ0) is 17.9. The Hall–Kier alpha value is -3.15. The summed E-state index contributed by atoms with van der Waals surface area (Å²) in [4.78, 5) is 37.1. The fourth-order valence-corrected chi connectivity index (χ4v) is 3.81. The van der Waals surface area contributed by atoms with Crippen molar-refractivity contribution in [2.45, 2.75) is 19.3 Å². The van der Waals surface area contributed by atoms with Crippen molar-refractivity contribution < 1.29 is 24.6 Å². The predicted molar refractivity (Wildman–Crippen MR) is 87.8 cm³/mol. The van der Waals surface area contributed by atoms with E-state index in [1.165, 1.54) is 12.1 Å². The minimum absolute atomic E-state index is 0.139. The van der Waals surface area contributed by atoms with Gasteiger partial charge in [-0.2, -0.15) is 0 Å². The van der Waals surface area contributed by atoms with Crippen LogP contribution in [0.1, 0.15) is 49.4 Å².